The SMILES string of the molecule is [O-][N+]1=Nc2ccccc2SCCOc2cc3ccccc3cc2OCCSc2ccccc21. The van der Waals surface area contributed by atoms with E-state index in [4.69, 9.17) is 9.47 Å². The molecular weight excluding hydrogens is 452 g/mol. The van der Waals surface area contributed by atoms with Gasteiger partial charge in [0.25, 0.3) is 5.69 Å². The Hall–Kier alpha value is -3.16. The molecular formula is C26H22N2O3S2. The Morgan fingerprint density at radius 1 is 0.697 bits per heavy atom. The van der Waals surface area contributed by atoms with Gasteiger partial charge in [0.05, 0.1) is 18.1 Å². The molecule has 5 rings (SSSR count). The third-order valence-electron chi connectivity index (χ3n) is 5.14. The van der Waals surface area contributed by atoms with Crippen LogP contribution in [0.3, 0.4) is 0 Å². The van der Waals surface area contributed by atoms with E-state index < -0.39 is 0 Å². The molecule has 0 radical (unpaired) electrons. The Labute approximate surface area is 201 Å². The van der Waals surface area contributed by atoms with Crippen LogP contribution >= 0.6 is 23.5 Å². The van der Waals surface area contributed by atoms with Gasteiger partial charge in [-0.25, -0.2) is 0 Å². The van der Waals surface area contributed by atoms with Crippen LogP contribution in [0.2, 0.25) is 0 Å². The van der Waals surface area contributed by atoms with Gasteiger partial charge >= 0.3 is 0 Å². The van der Waals surface area contributed by atoms with E-state index in [-0.39, 0.29) is 0 Å². The van der Waals surface area contributed by atoms with Crippen LogP contribution in [0.15, 0.2) is 99.8 Å². The van der Waals surface area contributed by atoms with Crippen LogP contribution in [0, 0.1) is 5.21 Å². The van der Waals surface area contributed by atoms with Crippen molar-refractivity contribution >= 4 is 45.7 Å². The maximum Gasteiger partial charge on any atom is 0.258 e. The first-order chi connectivity index (χ1) is 16.3. The zero-order chi connectivity index (χ0) is 22.5. The van der Waals surface area contributed by atoms with Crippen LogP contribution in [-0.4, -0.2) is 29.6 Å². The lowest BCUT2D eigenvalue weighted by Crippen LogP contribution is -2.06. The van der Waals surface area contributed by atoms with Gasteiger partial charge in [-0.3, -0.25) is 0 Å². The molecule has 0 saturated carbocycles. The first-order valence-electron chi connectivity index (χ1n) is 10.7. The van der Waals surface area contributed by atoms with Crippen molar-refractivity contribution in [2.45, 2.75) is 9.79 Å². The molecule has 0 atom stereocenters. The minimum absolute atomic E-state index is 0.487. The molecule has 1 heterocycles. The van der Waals surface area contributed by atoms with Crippen molar-refractivity contribution in [3.63, 3.8) is 0 Å². The molecule has 5 nitrogen and oxygen atoms in total. The van der Waals surface area contributed by atoms with Crippen LogP contribution in [-0.2, 0) is 0 Å². The second kappa shape index (κ2) is 10.2. The lowest BCUT2D eigenvalue weighted by atomic mass is 10.1. The predicted octanol–water partition coefficient (Wildman–Crippen LogP) is 7.42. The fraction of sp³-hybridized carbons (Fsp3) is 0.154. The molecule has 0 saturated heterocycles. The summed E-state index contributed by atoms with van der Waals surface area (Å²) >= 11 is 3.19. The van der Waals surface area contributed by atoms with Crippen molar-refractivity contribution in [3.8, 4) is 11.5 Å². The summed E-state index contributed by atoms with van der Waals surface area (Å²) in [4.78, 5) is 2.52. The molecule has 0 N–H and O–H groups in total. The van der Waals surface area contributed by atoms with Gasteiger partial charge in [-0.1, -0.05) is 48.5 Å². The van der Waals surface area contributed by atoms with Crippen molar-refractivity contribution < 1.29 is 14.3 Å². The van der Waals surface area contributed by atoms with Crippen LogP contribution in [0.25, 0.3) is 10.8 Å². The maximum atomic E-state index is 12.9. The lowest BCUT2D eigenvalue weighted by molar-refractivity contribution is -0.438. The number of hydrogen-bond donors (Lipinski definition) is 0. The number of nitrogens with zero attached hydrogens (tertiary/aromatic N) is 2. The second-order valence-electron chi connectivity index (χ2n) is 7.35. The Kier molecular flexibility index (Phi) is 6.69. The maximum absolute atomic E-state index is 12.9. The minimum atomic E-state index is 0.487. The highest BCUT2D eigenvalue weighted by molar-refractivity contribution is 7.99. The molecule has 7 heteroatoms. The number of thioether (sulfide) groups is 2. The van der Waals surface area contributed by atoms with Crippen LogP contribution in [0.1, 0.15) is 0 Å². The third-order valence-corrected chi connectivity index (χ3v) is 7.20. The second-order valence-corrected chi connectivity index (χ2v) is 9.62. The van der Waals surface area contributed by atoms with Gasteiger partial charge in [0.15, 0.2) is 11.5 Å². The first-order valence-corrected chi connectivity index (χ1v) is 12.7. The summed E-state index contributed by atoms with van der Waals surface area (Å²) < 4.78 is 12.3. The van der Waals surface area contributed by atoms with Crippen molar-refractivity contribution in [2.24, 2.45) is 5.11 Å². The van der Waals surface area contributed by atoms with Crippen molar-refractivity contribution in [3.05, 3.63) is 90.1 Å². The number of azo groups is 1. The van der Waals surface area contributed by atoms with E-state index in [0.717, 1.165) is 32.1 Å². The summed E-state index contributed by atoms with van der Waals surface area (Å²) in [5, 5.41) is 19.5. The van der Waals surface area contributed by atoms with Crippen molar-refractivity contribution in [1.29, 1.82) is 0 Å². The van der Waals surface area contributed by atoms with Gasteiger partial charge in [-0.15, -0.1) is 23.5 Å². The minimum Gasteiger partial charge on any atom is -0.594 e. The number of benzene rings is 4. The summed E-state index contributed by atoms with van der Waals surface area (Å²) in [5.41, 5.74) is 1.18. The van der Waals surface area contributed by atoms with E-state index in [2.05, 4.69) is 17.2 Å². The molecule has 1 aliphatic heterocycles. The first kappa shape index (κ1) is 21.7. The van der Waals surface area contributed by atoms with E-state index in [1.807, 2.05) is 66.7 Å². The summed E-state index contributed by atoms with van der Waals surface area (Å²) in [6.45, 7) is 0.994. The molecule has 0 amide bonds. The molecule has 1 aliphatic rings. The van der Waals surface area contributed by atoms with Gasteiger partial charge in [0, 0.05) is 27.6 Å². The third kappa shape index (κ3) is 5.10. The van der Waals surface area contributed by atoms with Crippen LogP contribution in [0.5, 0.6) is 11.5 Å². The number of para-hydroxylation sites is 1. The smallest absolute Gasteiger partial charge is 0.258 e. The zero-order valence-corrected chi connectivity index (χ0v) is 19.5. The van der Waals surface area contributed by atoms with Gasteiger partial charge in [-0.05, 0) is 46.0 Å². The molecule has 166 valence electrons. The normalized spacial score (nSPS) is 14.7. The molecule has 4 aromatic rings. The van der Waals surface area contributed by atoms with Gasteiger partial charge in [0.1, 0.15) is 5.69 Å². The van der Waals surface area contributed by atoms with Gasteiger partial charge in [-0.2, -0.15) is 0 Å². The fourth-order valence-corrected chi connectivity index (χ4v) is 5.25. The topological polar surface area (TPSA) is 56.9 Å². The van der Waals surface area contributed by atoms with Crippen molar-refractivity contribution in [2.75, 3.05) is 24.7 Å². The van der Waals surface area contributed by atoms with E-state index in [1.54, 1.807) is 29.6 Å². The summed E-state index contributed by atoms with van der Waals surface area (Å²) in [6, 6.07) is 27.5. The quantitative estimate of drug-likeness (QED) is 0.196. The number of ether oxygens (including phenoxy) is 2. The standard InChI is InChI=1S/C26H22N2O3S2/c29-28-22-10-4-6-12-26(22)33-16-14-31-24-18-20-8-2-1-7-19(20)17-23(24)30-13-15-32-25-11-5-3-9-21(25)27-28/h1-12,17-18H,13-16H2. The highest BCUT2D eigenvalue weighted by Gasteiger charge is 2.15. The highest BCUT2D eigenvalue weighted by Crippen LogP contribution is 2.36. The van der Waals surface area contributed by atoms with E-state index in [0.29, 0.717) is 41.0 Å². The highest BCUT2D eigenvalue weighted by atomic mass is 32.2. The van der Waals surface area contributed by atoms with Gasteiger partial charge in [0.2, 0.25) is 0 Å². The number of fused-ring (bicyclic) bond motifs is 4. The van der Waals surface area contributed by atoms with Crippen LogP contribution in [0.4, 0.5) is 11.4 Å². The molecule has 0 bridgehead atoms. The monoisotopic (exact) mass is 474 g/mol. The van der Waals surface area contributed by atoms with Crippen LogP contribution < -0.4 is 9.47 Å². The lowest BCUT2D eigenvalue weighted by Gasteiger charge is -2.15. The molecule has 0 fully saturated rings. The Balaban J connectivity index is 1.49. The molecule has 0 spiro atoms. The largest absolute Gasteiger partial charge is 0.594 e. The Bertz CT molecular complexity index is 1310. The average molecular weight is 475 g/mol. The average Bonchev–Trinajstić information content (AvgIpc) is 2.85. The van der Waals surface area contributed by atoms with Crippen molar-refractivity contribution in [1.82, 2.24) is 0 Å². The fourth-order valence-electron chi connectivity index (χ4n) is 3.58. The summed E-state index contributed by atoms with van der Waals surface area (Å²) in [6.07, 6.45) is 0. The van der Waals surface area contributed by atoms with E-state index >= 15 is 0 Å². The van der Waals surface area contributed by atoms with E-state index in [1.165, 1.54) is 0 Å². The molecule has 4 aromatic carbocycles. The predicted molar refractivity (Wildman–Crippen MR) is 135 cm³/mol. The van der Waals surface area contributed by atoms with E-state index in [9.17, 15) is 5.21 Å². The molecule has 33 heavy (non-hydrogen) atoms. The molecule has 0 unspecified atom stereocenters. The zero-order valence-electron chi connectivity index (χ0n) is 17.8. The number of rotatable bonds is 0. The van der Waals surface area contributed by atoms with Gasteiger partial charge < -0.3 is 14.7 Å². The molecule has 0 aliphatic carbocycles. The Morgan fingerprint density at radius 3 is 1.94 bits per heavy atom. The number of hydrogen-bond acceptors (Lipinski definition) is 6. The summed E-state index contributed by atoms with van der Waals surface area (Å²) in [5.74, 6) is 2.88. The molecule has 0 aromatic heterocycles. The summed E-state index contributed by atoms with van der Waals surface area (Å²) in [7, 11) is 0. The Morgan fingerprint density at radius 2 is 1.24 bits per heavy atom.